The second-order valence-electron chi connectivity index (χ2n) is 6.82. The van der Waals surface area contributed by atoms with Crippen molar-refractivity contribution in [1.29, 1.82) is 0 Å². The van der Waals surface area contributed by atoms with Crippen molar-refractivity contribution in [3.8, 4) is 0 Å². The molecule has 0 saturated heterocycles. The SMILES string of the molecule is BrCc1cccc(COC(c2ccccc2)(c2ccccc2)c2ccccc2)n1. The Hall–Kier alpha value is -2.75. The van der Waals surface area contributed by atoms with Crippen LogP contribution in [0.3, 0.4) is 0 Å². The standard InChI is InChI=1S/C26H22BrNO/c27-19-24-17-10-18-25(28-24)20-29-26(21-11-4-1-5-12-21,22-13-6-2-7-14-22)23-15-8-3-9-16-23/h1-18H,19-20H2. The van der Waals surface area contributed by atoms with Crippen LogP contribution in [0.4, 0.5) is 0 Å². The maximum Gasteiger partial charge on any atom is 0.144 e. The fourth-order valence-corrected chi connectivity index (χ4v) is 3.95. The molecule has 0 radical (unpaired) electrons. The molecule has 0 N–H and O–H groups in total. The van der Waals surface area contributed by atoms with Gasteiger partial charge in [0.2, 0.25) is 0 Å². The number of halogens is 1. The van der Waals surface area contributed by atoms with Crippen molar-refractivity contribution in [1.82, 2.24) is 4.98 Å². The van der Waals surface area contributed by atoms with Gasteiger partial charge in [0.1, 0.15) is 5.60 Å². The summed E-state index contributed by atoms with van der Waals surface area (Å²) in [6.07, 6.45) is 0. The number of alkyl halides is 1. The minimum absolute atomic E-state index is 0.402. The second-order valence-corrected chi connectivity index (χ2v) is 7.38. The van der Waals surface area contributed by atoms with Gasteiger partial charge in [-0.15, -0.1) is 0 Å². The average Bonchev–Trinajstić information content (AvgIpc) is 2.82. The molecule has 3 aromatic carbocycles. The second kappa shape index (κ2) is 9.17. The fourth-order valence-electron chi connectivity index (χ4n) is 3.63. The number of hydrogen-bond acceptors (Lipinski definition) is 2. The van der Waals surface area contributed by atoms with E-state index < -0.39 is 5.60 Å². The molecule has 0 spiro atoms. The minimum Gasteiger partial charge on any atom is -0.355 e. The lowest BCUT2D eigenvalue weighted by Crippen LogP contribution is -2.33. The number of ether oxygens (including phenoxy) is 1. The molecule has 0 aliphatic carbocycles. The van der Waals surface area contributed by atoms with Crippen molar-refractivity contribution < 1.29 is 4.74 Å². The van der Waals surface area contributed by atoms with E-state index in [0.717, 1.165) is 33.4 Å². The van der Waals surface area contributed by atoms with Gasteiger partial charge < -0.3 is 4.74 Å². The molecule has 1 aromatic heterocycles. The smallest absolute Gasteiger partial charge is 0.144 e. The Morgan fingerprint density at radius 1 is 0.586 bits per heavy atom. The molecule has 144 valence electrons. The third kappa shape index (κ3) is 4.16. The number of nitrogens with zero attached hydrogens (tertiary/aromatic N) is 1. The zero-order valence-electron chi connectivity index (χ0n) is 16.0. The zero-order valence-corrected chi connectivity index (χ0v) is 17.6. The zero-order chi connectivity index (χ0) is 19.9. The first-order valence-corrected chi connectivity index (χ1v) is 10.8. The highest BCUT2D eigenvalue weighted by Crippen LogP contribution is 2.40. The van der Waals surface area contributed by atoms with Gasteiger partial charge in [0, 0.05) is 5.33 Å². The molecule has 1 heterocycles. The van der Waals surface area contributed by atoms with Gasteiger partial charge in [-0.05, 0) is 28.8 Å². The van der Waals surface area contributed by atoms with E-state index in [9.17, 15) is 0 Å². The molecule has 4 aromatic rings. The Bertz CT molecular complexity index is 939. The van der Waals surface area contributed by atoms with Crippen molar-refractivity contribution in [3.63, 3.8) is 0 Å². The van der Waals surface area contributed by atoms with Crippen molar-refractivity contribution in [2.45, 2.75) is 17.5 Å². The lowest BCUT2D eigenvalue weighted by Gasteiger charge is -2.36. The molecular weight excluding hydrogens is 422 g/mol. The van der Waals surface area contributed by atoms with E-state index in [2.05, 4.69) is 88.7 Å². The van der Waals surface area contributed by atoms with Crippen LogP contribution in [0.25, 0.3) is 0 Å². The van der Waals surface area contributed by atoms with E-state index in [1.807, 2.05) is 36.4 Å². The van der Waals surface area contributed by atoms with Crippen LogP contribution in [0.15, 0.2) is 109 Å². The largest absolute Gasteiger partial charge is 0.355 e. The lowest BCUT2D eigenvalue weighted by atomic mass is 9.80. The first-order valence-electron chi connectivity index (χ1n) is 9.64. The molecule has 0 amide bonds. The highest BCUT2D eigenvalue weighted by Gasteiger charge is 2.37. The van der Waals surface area contributed by atoms with Gasteiger partial charge in [-0.3, -0.25) is 4.98 Å². The summed E-state index contributed by atoms with van der Waals surface area (Å²) in [5.74, 6) is 0. The summed E-state index contributed by atoms with van der Waals surface area (Å²) in [4.78, 5) is 4.70. The molecular formula is C26H22BrNO. The molecule has 3 heteroatoms. The van der Waals surface area contributed by atoms with Crippen molar-refractivity contribution in [2.75, 3.05) is 0 Å². The number of rotatable bonds is 7. The number of aromatic nitrogens is 1. The van der Waals surface area contributed by atoms with Crippen LogP contribution in [-0.4, -0.2) is 4.98 Å². The van der Waals surface area contributed by atoms with Gasteiger partial charge in [0.05, 0.1) is 18.0 Å². The van der Waals surface area contributed by atoms with Crippen LogP contribution in [0.1, 0.15) is 28.1 Å². The molecule has 0 fully saturated rings. The van der Waals surface area contributed by atoms with Gasteiger partial charge in [0.25, 0.3) is 0 Å². The van der Waals surface area contributed by atoms with Crippen LogP contribution < -0.4 is 0 Å². The summed E-state index contributed by atoms with van der Waals surface area (Å²) < 4.78 is 6.80. The van der Waals surface area contributed by atoms with E-state index in [0.29, 0.717) is 6.61 Å². The minimum atomic E-state index is -0.726. The van der Waals surface area contributed by atoms with Crippen molar-refractivity contribution >= 4 is 15.9 Å². The summed E-state index contributed by atoms with van der Waals surface area (Å²) >= 11 is 3.49. The van der Waals surface area contributed by atoms with Crippen molar-refractivity contribution in [2.24, 2.45) is 0 Å². The molecule has 29 heavy (non-hydrogen) atoms. The average molecular weight is 444 g/mol. The quantitative estimate of drug-likeness (QED) is 0.240. The highest BCUT2D eigenvalue weighted by atomic mass is 79.9. The van der Waals surface area contributed by atoms with Gasteiger partial charge in [-0.1, -0.05) is 113 Å². The van der Waals surface area contributed by atoms with Gasteiger partial charge in [0.15, 0.2) is 0 Å². The monoisotopic (exact) mass is 443 g/mol. The summed E-state index contributed by atoms with van der Waals surface area (Å²) in [5, 5.41) is 0.724. The first-order chi connectivity index (χ1) is 14.3. The number of benzene rings is 3. The van der Waals surface area contributed by atoms with Gasteiger partial charge in [-0.2, -0.15) is 0 Å². The van der Waals surface area contributed by atoms with Crippen LogP contribution in [0.5, 0.6) is 0 Å². The molecule has 0 aliphatic rings. The van der Waals surface area contributed by atoms with Crippen LogP contribution in [-0.2, 0) is 22.3 Å². The Kier molecular flexibility index (Phi) is 6.18. The fraction of sp³-hybridized carbons (Fsp3) is 0.115. The first kappa shape index (κ1) is 19.6. The third-order valence-corrected chi connectivity index (χ3v) is 5.55. The Morgan fingerprint density at radius 2 is 1.03 bits per heavy atom. The third-order valence-electron chi connectivity index (χ3n) is 4.98. The number of pyridine rings is 1. The maximum atomic E-state index is 6.80. The van der Waals surface area contributed by atoms with Crippen LogP contribution in [0.2, 0.25) is 0 Å². The molecule has 0 atom stereocenters. The molecule has 0 saturated carbocycles. The molecule has 0 bridgehead atoms. The van der Waals surface area contributed by atoms with E-state index in [4.69, 9.17) is 9.72 Å². The summed E-state index contributed by atoms with van der Waals surface area (Å²) in [7, 11) is 0. The van der Waals surface area contributed by atoms with Gasteiger partial charge in [-0.25, -0.2) is 0 Å². The maximum absolute atomic E-state index is 6.80. The lowest BCUT2D eigenvalue weighted by molar-refractivity contribution is -0.00145. The summed E-state index contributed by atoms with van der Waals surface area (Å²) in [6, 6.07) is 37.3. The van der Waals surface area contributed by atoms with Crippen LogP contribution in [0, 0.1) is 0 Å². The topological polar surface area (TPSA) is 22.1 Å². The summed E-state index contributed by atoms with van der Waals surface area (Å²) in [5.41, 5.74) is 4.46. The Morgan fingerprint density at radius 3 is 1.48 bits per heavy atom. The van der Waals surface area contributed by atoms with E-state index in [1.54, 1.807) is 0 Å². The normalized spacial score (nSPS) is 11.3. The number of hydrogen-bond donors (Lipinski definition) is 0. The van der Waals surface area contributed by atoms with E-state index >= 15 is 0 Å². The molecule has 2 nitrogen and oxygen atoms in total. The van der Waals surface area contributed by atoms with E-state index in [1.165, 1.54) is 0 Å². The summed E-state index contributed by atoms with van der Waals surface area (Å²) in [6.45, 7) is 0.402. The molecule has 0 unspecified atom stereocenters. The predicted octanol–water partition coefficient (Wildman–Crippen LogP) is 6.49. The van der Waals surface area contributed by atoms with Gasteiger partial charge >= 0.3 is 0 Å². The highest BCUT2D eigenvalue weighted by molar-refractivity contribution is 9.08. The Labute approximate surface area is 180 Å². The molecule has 0 aliphatic heterocycles. The Balaban J connectivity index is 1.85. The predicted molar refractivity (Wildman–Crippen MR) is 121 cm³/mol. The molecule has 4 rings (SSSR count). The van der Waals surface area contributed by atoms with Crippen molar-refractivity contribution in [3.05, 3.63) is 137 Å². The van der Waals surface area contributed by atoms with Crippen LogP contribution >= 0.6 is 15.9 Å². The van der Waals surface area contributed by atoms with E-state index in [-0.39, 0.29) is 0 Å².